The Bertz CT molecular complexity index is 233. The second kappa shape index (κ2) is 5.06. The fourth-order valence-corrected chi connectivity index (χ4v) is 1.68. The zero-order valence-electron chi connectivity index (χ0n) is 9.01. The van der Waals surface area contributed by atoms with Gasteiger partial charge in [-0.2, -0.15) is 0 Å². The van der Waals surface area contributed by atoms with Crippen LogP contribution < -0.4 is 0 Å². The summed E-state index contributed by atoms with van der Waals surface area (Å²) in [5, 5.41) is 0. The van der Waals surface area contributed by atoms with Gasteiger partial charge in [0.25, 0.3) is 0 Å². The molecule has 0 amide bonds. The monoisotopic (exact) mass is 176 g/mol. The molecule has 0 heteroatoms. The lowest BCUT2D eigenvalue weighted by Gasteiger charge is -2.10. The topological polar surface area (TPSA) is 0 Å². The van der Waals surface area contributed by atoms with E-state index in [0.29, 0.717) is 0 Å². The number of hydrogen-bond donors (Lipinski definition) is 0. The number of rotatable bonds is 4. The van der Waals surface area contributed by atoms with Crippen LogP contribution in [-0.4, -0.2) is 0 Å². The molecule has 0 saturated carbocycles. The second-order valence-electron chi connectivity index (χ2n) is 3.78. The molecule has 0 aliphatic rings. The minimum Gasteiger partial charge on any atom is -0.0654 e. The van der Waals surface area contributed by atoms with Crippen LogP contribution in [0.3, 0.4) is 0 Å². The predicted octanol–water partition coefficient (Wildman–Crippen LogP) is 4.15. The predicted molar refractivity (Wildman–Crippen MR) is 59.1 cm³/mol. The third kappa shape index (κ3) is 2.87. The molecule has 1 atom stereocenters. The van der Waals surface area contributed by atoms with Crippen LogP contribution in [0.15, 0.2) is 24.3 Å². The lowest BCUT2D eigenvalue weighted by Crippen LogP contribution is -1.92. The van der Waals surface area contributed by atoms with E-state index in [1.165, 1.54) is 24.0 Å². The average Bonchev–Trinajstić information content (AvgIpc) is 2.18. The first-order valence-electron chi connectivity index (χ1n) is 5.36. The van der Waals surface area contributed by atoms with Crippen molar-refractivity contribution in [3.63, 3.8) is 0 Å². The van der Waals surface area contributed by atoms with Crippen molar-refractivity contribution in [2.75, 3.05) is 0 Å². The normalized spacial score (nSPS) is 12.8. The maximum absolute atomic E-state index is 2.31. The minimum atomic E-state index is 0.718. The van der Waals surface area contributed by atoms with Crippen LogP contribution in [0.25, 0.3) is 0 Å². The highest BCUT2D eigenvalue weighted by atomic mass is 14.1. The number of benzene rings is 1. The molecule has 13 heavy (non-hydrogen) atoms. The van der Waals surface area contributed by atoms with Gasteiger partial charge in [-0.3, -0.25) is 0 Å². The largest absolute Gasteiger partial charge is 0.0654 e. The van der Waals surface area contributed by atoms with Crippen molar-refractivity contribution in [3.05, 3.63) is 35.4 Å². The van der Waals surface area contributed by atoms with Gasteiger partial charge in [0.1, 0.15) is 0 Å². The number of hydrogen-bond acceptors (Lipinski definition) is 0. The van der Waals surface area contributed by atoms with Crippen molar-refractivity contribution >= 4 is 0 Å². The lowest BCUT2D eigenvalue weighted by atomic mass is 9.95. The molecule has 1 rings (SSSR count). The van der Waals surface area contributed by atoms with Gasteiger partial charge in [-0.15, -0.1) is 0 Å². The fourth-order valence-electron chi connectivity index (χ4n) is 1.68. The van der Waals surface area contributed by atoms with Gasteiger partial charge in [-0.05, 0) is 29.9 Å². The van der Waals surface area contributed by atoms with E-state index in [9.17, 15) is 0 Å². The summed E-state index contributed by atoms with van der Waals surface area (Å²) in [5.74, 6) is 0.718. The smallest absolute Gasteiger partial charge is 0.0190 e. The first-order chi connectivity index (χ1) is 6.27. The van der Waals surface area contributed by atoms with E-state index in [0.717, 1.165) is 12.3 Å². The molecule has 72 valence electrons. The van der Waals surface area contributed by atoms with Crippen LogP contribution in [-0.2, 0) is 6.42 Å². The summed E-state index contributed by atoms with van der Waals surface area (Å²) < 4.78 is 0. The second-order valence-corrected chi connectivity index (χ2v) is 3.78. The third-order valence-electron chi connectivity index (χ3n) is 2.68. The maximum atomic E-state index is 2.31. The molecule has 1 aromatic carbocycles. The fraction of sp³-hybridized carbons (Fsp3) is 0.538. The van der Waals surface area contributed by atoms with E-state index in [-0.39, 0.29) is 0 Å². The first kappa shape index (κ1) is 10.3. The van der Waals surface area contributed by atoms with E-state index >= 15 is 0 Å². The number of aryl methyl sites for hydroxylation is 1. The van der Waals surface area contributed by atoms with Crippen LogP contribution in [0.5, 0.6) is 0 Å². The Balaban J connectivity index is 2.67. The minimum absolute atomic E-state index is 0.718. The molecule has 0 N–H and O–H groups in total. The quantitative estimate of drug-likeness (QED) is 0.646. The lowest BCUT2D eigenvalue weighted by molar-refractivity contribution is 0.664. The summed E-state index contributed by atoms with van der Waals surface area (Å²) in [4.78, 5) is 0. The Hall–Kier alpha value is -0.780. The van der Waals surface area contributed by atoms with Crippen LogP contribution in [0.4, 0.5) is 0 Å². The molecular weight excluding hydrogens is 156 g/mol. The summed E-state index contributed by atoms with van der Waals surface area (Å²) >= 11 is 0. The van der Waals surface area contributed by atoms with Crippen molar-refractivity contribution < 1.29 is 0 Å². The molecule has 0 heterocycles. The van der Waals surface area contributed by atoms with Gasteiger partial charge in [0, 0.05) is 0 Å². The molecular formula is C13H20. The van der Waals surface area contributed by atoms with E-state index < -0.39 is 0 Å². The van der Waals surface area contributed by atoms with E-state index in [2.05, 4.69) is 45.0 Å². The molecule has 0 saturated heterocycles. The summed E-state index contributed by atoms with van der Waals surface area (Å²) in [5.41, 5.74) is 2.92. The molecule has 0 aliphatic carbocycles. The Labute approximate surface area is 82.0 Å². The van der Waals surface area contributed by atoms with E-state index in [1.54, 1.807) is 0 Å². The summed E-state index contributed by atoms with van der Waals surface area (Å²) in [6.45, 7) is 6.76. The zero-order valence-corrected chi connectivity index (χ0v) is 9.01. The van der Waals surface area contributed by atoms with Gasteiger partial charge >= 0.3 is 0 Å². The maximum Gasteiger partial charge on any atom is -0.0190 e. The SMILES string of the molecule is CCC[C@H](C)c1ccc(CC)cc1. The Morgan fingerprint density at radius 3 is 2.15 bits per heavy atom. The highest BCUT2D eigenvalue weighted by molar-refractivity contribution is 5.24. The van der Waals surface area contributed by atoms with Crippen LogP contribution in [0.2, 0.25) is 0 Å². The molecule has 0 aliphatic heterocycles. The van der Waals surface area contributed by atoms with Crippen LogP contribution >= 0.6 is 0 Å². The summed E-state index contributed by atoms with van der Waals surface area (Å²) in [6.07, 6.45) is 3.71. The third-order valence-corrected chi connectivity index (χ3v) is 2.68. The van der Waals surface area contributed by atoms with Crippen molar-refractivity contribution in [3.8, 4) is 0 Å². The highest BCUT2D eigenvalue weighted by Crippen LogP contribution is 2.20. The van der Waals surface area contributed by atoms with Gasteiger partial charge < -0.3 is 0 Å². The Morgan fingerprint density at radius 1 is 1.08 bits per heavy atom. The van der Waals surface area contributed by atoms with E-state index in [4.69, 9.17) is 0 Å². The molecule has 0 aromatic heterocycles. The van der Waals surface area contributed by atoms with Gasteiger partial charge in [0.2, 0.25) is 0 Å². The average molecular weight is 176 g/mol. The molecule has 0 bridgehead atoms. The molecule has 0 spiro atoms. The zero-order chi connectivity index (χ0) is 9.68. The van der Waals surface area contributed by atoms with Crippen LogP contribution in [0, 0.1) is 0 Å². The molecule has 0 fully saturated rings. The van der Waals surface area contributed by atoms with E-state index in [1.807, 2.05) is 0 Å². The van der Waals surface area contributed by atoms with Gasteiger partial charge in [0.05, 0.1) is 0 Å². The summed E-state index contributed by atoms with van der Waals surface area (Å²) in [7, 11) is 0. The summed E-state index contributed by atoms with van der Waals surface area (Å²) in [6, 6.07) is 9.06. The van der Waals surface area contributed by atoms with Gasteiger partial charge in [-0.25, -0.2) is 0 Å². The standard InChI is InChI=1S/C13H20/c1-4-6-11(3)13-9-7-12(5-2)8-10-13/h7-11H,4-6H2,1-3H3/t11-/m0/s1. The van der Waals surface area contributed by atoms with Crippen molar-refractivity contribution in [1.29, 1.82) is 0 Å². The molecule has 1 aromatic rings. The van der Waals surface area contributed by atoms with Crippen LogP contribution in [0.1, 0.15) is 50.7 Å². The Morgan fingerprint density at radius 2 is 1.69 bits per heavy atom. The van der Waals surface area contributed by atoms with Gasteiger partial charge in [-0.1, -0.05) is 51.5 Å². The van der Waals surface area contributed by atoms with Crippen molar-refractivity contribution in [1.82, 2.24) is 0 Å². The molecule has 0 nitrogen and oxygen atoms in total. The molecule has 0 unspecified atom stereocenters. The van der Waals surface area contributed by atoms with Gasteiger partial charge in [0.15, 0.2) is 0 Å². The van der Waals surface area contributed by atoms with Crippen molar-refractivity contribution in [2.24, 2.45) is 0 Å². The molecule has 0 radical (unpaired) electrons. The first-order valence-corrected chi connectivity index (χ1v) is 5.36. The highest BCUT2D eigenvalue weighted by Gasteiger charge is 2.02. The van der Waals surface area contributed by atoms with Crippen molar-refractivity contribution in [2.45, 2.75) is 46.0 Å². The Kier molecular flexibility index (Phi) is 4.01.